The zero-order valence-electron chi connectivity index (χ0n) is 11.3. The van der Waals surface area contributed by atoms with Gasteiger partial charge in [0.25, 0.3) is 0 Å². The van der Waals surface area contributed by atoms with Crippen molar-refractivity contribution in [3.8, 4) is 0 Å². The van der Waals surface area contributed by atoms with Gasteiger partial charge in [-0.2, -0.15) is 0 Å². The summed E-state index contributed by atoms with van der Waals surface area (Å²) in [7, 11) is 1.41. The Kier molecular flexibility index (Phi) is 5.07. The molecule has 0 saturated heterocycles. The molecule has 3 nitrogen and oxygen atoms in total. The zero-order valence-corrected chi connectivity index (χ0v) is 12.2. The van der Waals surface area contributed by atoms with Gasteiger partial charge in [0.05, 0.1) is 13.5 Å². The lowest BCUT2D eigenvalue weighted by Gasteiger charge is -2.09. The van der Waals surface area contributed by atoms with Crippen molar-refractivity contribution in [1.29, 1.82) is 0 Å². The van der Waals surface area contributed by atoms with Crippen LogP contribution in [-0.4, -0.2) is 13.1 Å². The lowest BCUT2D eigenvalue weighted by molar-refractivity contribution is -0.139. The molecular formula is C16H17NO2S. The van der Waals surface area contributed by atoms with Crippen molar-refractivity contribution in [2.75, 3.05) is 12.8 Å². The van der Waals surface area contributed by atoms with Gasteiger partial charge in [-0.3, -0.25) is 4.79 Å². The van der Waals surface area contributed by atoms with E-state index in [0.29, 0.717) is 6.42 Å². The number of nitrogens with two attached hydrogens (primary N) is 1. The van der Waals surface area contributed by atoms with E-state index in [1.807, 2.05) is 48.5 Å². The minimum atomic E-state index is -0.221. The van der Waals surface area contributed by atoms with Crippen LogP contribution in [-0.2, 0) is 21.7 Å². The van der Waals surface area contributed by atoms with E-state index >= 15 is 0 Å². The molecule has 0 spiro atoms. The molecule has 0 atom stereocenters. The first-order chi connectivity index (χ1) is 9.70. The molecule has 2 aromatic rings. The fourth-order valence-corrected chi connectivity index (χ4v) is 2.87. The minimum absolute atomic E-state index is 0.221. The average molecular weight is 287 g/mol. The maximum absolute atomic E-state index is 11.4. The van der Waals surface area contributed by atoms with Gasteiger partial charge in [-0.15, -0.1) is 11.8 Å². The Morgan fingerprint density at radius 3 is 2.45 bits per heavy atom. The standard InChI is InChI=1S/C16H17NO2S/c1-19-16(18)10-12-6-2-3-7-13(12)11-20-15-9-5-4-8-14(15)17/h2-9H,10-11,17H2,1H3. The van der Waals surface area contributed by atoms with Crippen molar-refractivity contribution in [3.05, 3.63) is 59.7 Å². The second-order valence-corrected chi connectivity index (χ2v) is 5.37. The van der Waals surface area contributed by atoms with E-state index in [4.69, 9.17) is 10.5 Å². The van der Waals surface area contributed by atoms with Gasteiger partial charge in [-0.25, -0.2) is 0 Å². The molecule has 2 rings (SSSR count). The summed E-state index contributed by atoms with van der Waals surface area (Å²) in [5.74, 6) is 0.558. The number of carbonyl (C=O) groups is 1. The number of methoxy groups -OCH3 is 1. The van der Waals surface area contributed by atoms with Gasteiger partial charge in [0.2, 0.25) is 0 Å². The Balaban J connectivity index is 2.10. The van der Waals surface area contributed by atoms with Crippen LogP contribution < -0.4 is 5.73 Å². The monoisotopic (exact) mass is 287 g/mol. The summed E-state index contributed by atoms with van der Waals surface area (Å²) in [4.78, 5) is 12.5. The molecular weight excluding hydrogens is 270 g/mol. The summed E-state index contributed by atoms with van der Waals surface area (Å²) in [6.07, 6.45) is 0.303. The summed E-state index contributed by atoms with van der Waals surface area (Å²) in [6, 6.07) is 15.7. The molecule has 0 fully saturated rings. The summed E-state index contributed by atoms with van der Waals surface area (Å²) in [5.41, 5.74) is 8.84. The number of benzene rings is 2. The molecule has 0 aliphatic heterocycles. The Morgan fingerprint density at radius 2 is 1.75 bits per heavy atom. The van der Waals surface area contributed by atoms with Crippen LogP contribution in [0.15, 0.2) is 53.4 Å². The molecule has 104 valence electrons. The molecule has 0 heterocycles. The van der Waals surface area contributed by atoms with Crippen molar-refractivity contribution in [1.82, 2.24) is 0 Å². The maximum atomic E-state index is 11.4. The van der Waals surface area contributed by atoms with Crippen molar-refractivity contribution < 1.29 is 9.53 Å². The first-order valence-corrected chi connectivity index (χ1v) is 7.30. The lowest BCUT2D eigenvalue weighted by Crippen LogP contribution is -2.06. The highest BCUT2D eigenvalue weighted by Crippen LogP contribution is 2.28. The lowest BCUT2D eigenvalue weighted by atomic mass is 10.1. The normalized spacial score (nSPS) is 10.2. The molecule has 0 unspecified atom stereocenters. The van der Waals surface area contributed by atoms with Crippen LogP contribution in [0.25, 0.3) is 0 Å². The van der Waals surface area contributed by atoms with Crippen molar-refractivity contribution in [3.63, 3.8) is 0 Å². The topological polar surface area (TPSA) is 52.3 Å². The summed E-state index contributed by atoms with van der Waals surface area (Å²) < 4.78 is 4.73. The first kappa shape index (κ1) is 14.5. The molecule has 4 heteroatoms. The molecule has 0 radical (unpaired) electrons. The van der Waals surface area contributed by atoms with E-state index in [9.17, 15) is 4.79 Å². The highest BCUT2D eigenvalue weighted by molar-refractivity contribution is 7.98. The van der Waals surface area contributed by atoms with Gasteiger partial charge in [0.15, 0.2) is 0 Å². The zero-order chi connectivity index (χ0) is 14.4. The smallest absolute Gasteiger partial charge is 0.309 e. The molecule has 0 aliphatic rings. The van der Waals surface area contributed by atoms with Gasteiger partial charge in [0, 0.05) is 16.3 Å². The predicted octanol–water partition coefficient (Wildman–Crippen LogP) is 3.28. The number of carbonyl (C=O) groups excluding carboxylic acids is 1. The molecule has 2 N–H and O–H groups in total. The minimum Gasteiger partial charge on any atom is -0.469 e. The van der Waals surface area contributed by atoms with Gasteiger partial charge in [0.1, 0.15) is 0 Å². The van der Waals surface area contributed by atoms with Gasteiger partial charge >= 0.3 is 5.97 Å². The molecule has 0 saturated carbocycles. The van der Waals surface area contributed by atoms with Crippen molar-refractivity contribution in [2.24, 2.45) is 0 Å². The molecule has 0 bridgehead atoms. The van der Waals surface area contributed by atoms with Crippen LogP contribution in [0.2, 0.25) is 0 Å². The van der Waals surface area contributed by atoms with E-state index < -0.39 is 0 Å². The van der Waals surface area contributed by atoms with E-state index in [1.54, 1.807) is 11.8 Å². The summed E-state index contributed by atoms with van der Waals surface area (Å²) in [6.45, 7) is 0. The highest BCUT2D eigenvalue weighted by atomic mass is 32.2. The number of hydrogen-bond donors (Lipinski definition) is 1. The van der Waals surface area contributed by atoms with E-state index in [-0.39, 0.29) is 5.97 Å². The van der Waals surface area contributed by atoms with Crippen LogP contribution in [0.3, 0.4) is 0 Å². The highest BCUT2D eigenvalue weighted by Gasteiger charge is 2.08. The SMILES string of the molecule is COC(=O)Cc1ccccc1CSc1ccccc1N. The number of hydrogen-bond acceptors (Lipinski definition) is 4. The molecule has 0 aliphatic carbocycles. The maximum Gasteiger partial charge on any atom is 0.309 e. The second-order valence-electron chi connectivity index (χ2n) is 4.35. The largest absolute Gasteiger partial charge is 0.469 e. The van der Waals surface area contributed by atoms with Crippen LogP contribution in [0, 0.1) is 0 Å². The van der Waals surface area contributed by atoms with Crippen LogP contribution in [0.5, 0.6) is 0 Å². The summed E-state index contributed by atoms with van der Waals surface area (Å²) >= 11 is 1.67. The second kappa shape index (κ2) is 7.01. The van der Waals surface area contributed by atoms with E-state index in [0.717, 1.165) is 27.5 Å². The van der Waals surface area contributed by atoms with Gasteiger partial charge in [-0.05, 0) is 23.3 Å². The Bertz CT molecular complexity index is 599. The molecule has 2 aromatic carbocycles. The predicted molar refractivity (Wildman–Crippen MR) is 82.6 cm³/mol. The van der Waals surface area contributed by atoms with Crippen LogP contribution in [0.4, 0.5) is 5.69 Å². The Morgan fingerprint density at radius 1 is 1.10 bits per heavy atom. The molecule has 0 aromatic heterocycles. The third-order valence-electron chi connectivity index (χ3n) is 2.98. The number of ether oxygens (including phenoxy) is 1. The van der Waals surface area contributed by atoms with Crippen LogP contribution in [0.1, 0.15) is 11.1 Å². The van der Waals surface area contributed by atoms with E-state index in [2.05, 4.69) is 0 Å². The van der Waals surface area contributed by atoms with Crippen LogP contribution >= 0.6 is 11.8 Å². The molecule has 0 amide bonds. The number of para-hydroxylation sites is 1. The first-order valence-electron chi connectivity index (χ1n) is 6.31. The Labute approximate surface area is 123 Å². The number of anilines is 1. The average Bonchev–Trinajstić information content (AvgIpc) is 2.47. The number of nitrogen functional groups attached to an aromatic ring is 1. The third kappa shape index (κ3) is 3.78. The number of esters is 1. The quantitative estimate of drug-likeness (QED) is 0.521. The Hall–Kier alpha value is -1.94. The van der Waals surface area contributed by atoms with Gasteiger partial charge in [-0.1, -0.05) is 36.4 Å². The summed E-state index contributed by atoms with van der Waals surface area (Å²) in [5, 5.41) is 0. The fourth-order valence-electron chi connectivity index (χ4n) is 1.87. The molecule has 20 heavy (non-hydrogen) atoms. The third-order valence-corrected chi connectivity index (χ3v) is 4.12. The fraction of sp³-hybridized carbons (Fsp3) is 0.188. The van der Waals surface area contributed by atoms with Crippen molar-refractivity contribution >= 4 is 23.4 Å². The number of thioether (sulfide) groups is 1. The van der Waals surface area contributed by atoms with E-state index in [1.165, 1.54) is 7.11 Å². The van der Waals surface area contributed by atoms with Gasteiger partial charge < -0.3 is 10.5 Å². The number of rotatable bonds is 5. The van der Waals surface area contributed by atoms with Crippen molar-refractivity contribution in [2.45, 2.75) is 17.1 Å².